The van der Waals surface area contributed by atoms with Crippen LogP contribution in [0.4, 0.5) is 0 Å². The maximum atomic E-state index is 6.51. The van der Waals surface area contributed by atoms with Gasteiger partial charge < -0.3 is 17.2 Å². The molecule has 0 aromatic heterocycles. The van der Waals surface area contributed by atoms with Crippen molar-refractivity contribution in [2.45, 2.75) is 81.3 Å². The maximum absolute atomic E-state index is 6.51. The van der Waals surface area contributed by atoms with Crippen LogP contribution in [0.3, 0.4) is 0 Å². The molecule has 0 aliphatic heterocycles. The molecule has 0 spiro atoms. The van der Waals surface area contributed by atoms with Crippen LogP contribution < -0.4 is 17.2 Å². The fourth-order valence-electron chi connectivity index (χ4n) is 3.61. The van der Waals surface area contributed by atoms with Crippen molar-refractivity contribution in [3.8, 4) is 0 Å². The lowest BCUT2D eigenvalue weighted by Crippen LogP contribution is -2.70. The molecular formula is C13H27N3. The van der Waals surface area contributed by atoms with Crippen molar-refractivity contribution in [2.24, 2.45) is 17.2 Å². The van der Waals surface area contributed by atoms with Gasteiger partial charge in [-0.05, 0) is 25.7 Å². The molecule has 2 fully saturated rings. The van der Waals surface area contributed by atoms with E-state index in [9.17, 15) is 0 Å². The van der Waals surface area contributed by atoms with Crippen LogP contribution in [-0.2, 0) is 0 Å². The number of rotatable bonds is 2. The van der Waals surface area contributed by atoms with E-state index in [0.717, 1.165) is 25.7 Å². The van der Waals surface area contributed by atoms with Gasteiger partial charge in [-0.2, -0.15) is 0 Å². The molecule has 0 atom stereocenters. The topological polar surface area (TPSA) is 78.1 Å². The summed E-state index contributed by atoms with van der Waals surface area (Å²) in [6, 6.07) is -0.0133. The van der Waals surface area contributed by atoms with Gasteiger partial charge in [-0.1, -0.05) is 38.5 Å². The highest BCUT2D eigenvalue weighted by molar-refractivity contribution is 5.09. The van der Waals surface area contributed by atoms with Crippen molar-refractivity contribution in [3.05, 3.63) is 0 Å². The molecule has 0 bridgehead atoms. The number of hydrogen-bond donors (Lipinski definition) is 3. The Morgan fingerprint density at radius 2 is 0.938 bits per heavy atom. The third-order valence-electron chi connectivity index (χ3n) is 4.81. The van der Waals surface area contributed by atoms with Crippen molar-refractivity contribution in [3.63, 3.8) is 0 Å². The Morgan fingerprint density at radius 1 is 0.625 bits per heavy atom. The second kappa shape index (κ2) is 4.63. The minimum atomic E-state index is -0.190. The van der Waals surface area contributed by atoms with Crippen molar-refractivity contribution in [2.75, 3.05) is 0 Å². The largest absolute Gasteiger partial charge is 0.325 e. The lowest BCUT2D eigenvalue weighted by atomic mass is 9.66. The van der Waals surface area contributed by atoms with Crippen molar-refractivity contribution in [1.29, 1.82) is 0 Å². The van der Waals surface area contributed by atoms with Crippen LogP contribution in [0, 0.1) is 0 Å². The summed E-state index contributed by atoms with van der Waals surface area (Å²) in [6.45, 7) is 0. The van der Waals surface area contributed by atoms with Gasteiger partial charge in [-0.15, -0.1) is 0 Å². The molecule has 0 radical (unpaired) electrons. The molecule has 3 nitrogen and oxygen atoms in total. The van der Waals surface area contributed by atoms with Gasteiger partial charge in [0.05, 0.1) is 0 Å². The van der Waals surface area contributed by atoms with E-state index in [1.807, 2.05) is 0 Å². The Balaban J connectivity index is 2.06. The third-order valence-corrected chi connectivity index (χ3v) is 4.81. The Bertz CT molecular complexity index is 203. The van der Waals surface area contributed by atoms with Gasteiger partial charge >= 0.3 is 0 Å². The Hall–Kier alpha value is -0.120. The number of nitrogens with two attached hydrogens (primary N) is 3. The lowest BCUT2D eigenvalue weighted by molar-refractivity contribution is 0.142. The lowest BCUT2D eigenvalue weighted by Gasteiger charge is -2.49. The summed E-state index contributed by atoms with van der Waals surface area (Å²) in [5, 5.41) is 0. The van der Waals surface area contributed by atoms with Crippen LogP contribution in [0.15, 0.2) is 0 Å². The normalized spacial score (nSPS) is 29.2. The Labute approximate surface area is 99.1 Å². The molecule has 0 amide bonds. The minimum Gasteiger partial charge on any atom is -0.325 e. The van der Waals surface area contributed by atoms with Gasteiger partial charge in [0.2, 0.25) is 0 Å². The molecule has 2 rings (SSSR count). The monoisotopic (exact) mass is 225 g/mol. The van der Waals surface area contributed by atoms with Gasteiger partial charge in [-0.25, -0.2) is 0 Å². The van der Waals surface area contributed by atoms with Gasteiger partial charge in [0, 0.05) is 17.1 Å². The summed E-state index contributed by atoms with van der Waals surface area (Å²) in [7, 11) is 0. The number of hydrogen-bond acceptors (Lipinski definition) is 3. The van der Waals surface area contributed by atoms with E-state index in [4.69, 9.17) is 17.2 Å². The summed E-state index contributed by atoms with van der Waals surface area (Å²) >= 11 is 0. The molecule has 16 heavy (non-hydrogen) atoms. The van der Waals surface area contributed by atoms with Crippen LogP contribution in [0.1, 0.15) is 64.2 Å². The van der Waals surface area contributed by atoms with Gasteiger partial charge in [0.1, 0.15) is 0 Å². The molecule has 2 aliphatic carbocycles. The van der Waals surface area contributed by atoms with Crippen LogP contribution in [0.2, 0.25) is 0 Å². The van der Waals surface area contributed by atoms with Crippen LogP contribution in [0.5, 0.6) is 0 Å². The summed E-state index contributed by atoms with van der Waals surface area (Å²) < 4.78 is 0. The molecule has 0 aromatic carbocycles. The Morgan fingerprint density at radius 3 is 1.25 bits per heavy atom. The second-order valence-electron chi connectivity index (χ2n) is 6.07. The first-order valence-corrected chi connectivity index (χ1v) is 6.90. The van der Waals surface area contributed by atoms with Crippen molar-refractivity contribution < 1.29 is 0 Å². The second-order valence-corrected chi connectivity index (χ2v) is 6.07. The standard InChI is InChI=1S/C13H27N3/c14-11(12(15)7-3-1-4-8-12)13(16)9-5-2-6-10-13/h11H,1-10,14-16H2. The minimum absolute atomic E-state index is 0.0133. The zero-order chi connectivity index (χ0) is 11.6. The van der Waals surface area contributed by atoms with E-state index >= 15 is 0 Å². The van der Waals surface area contributed by atoms with Gasteiger partial charge in [0.25, 0.3) is 0 Å². The molecule has 3 heteroatoms. The summed E-state index contributed by atoms with van der Waals surface area (Å²) in [6.07, 6.45) is 11.8. The highest BCUT2D eigenvalue weighted by Crippen LogP contribution is 2.37. The highest BCUT2D eigenvalue weighted by Gasteiger charge is 2.45. The zero-order valence-corrected chi connectivity index (χ0v) is 10.4. The summed E-state index contributed by atoms with van der Waals surface area (Å²) in [4.78, 5) is 0. The van der Waals surface area contributed by atoms with E-state index in [1.54, 1.807) is 0 Å². The van der Waals surface area contributed by atoms with E-state index < -0.39 is 0 Å². The first-order chi connectivity index (χ1) is 7.57. The van der Waals surface area contributed by atoms with Crippen molar-refractivity contribution in [1.82, 2.24) is 0 Å². The van der Waals surface area contributed by atoms with E-state index in [1.165, 1.54) is 38.5 Å². The third kappa shape index (κ3) is 2.27. The molecule has 0 heterocycles. The van der Waals surface area contributed by atoms with E-state index in [2.05, 4.69) is 0 Å². The van der Waals surface area contributed by atoms with Crippen LogP contribution in [0.25, 0.3) is 0 Å². The fourth-order valence-corrected chi connectivity index (χ4v) is 3.61. The van der Waals surface area contributed by atoms with Crippen LogP contribution in [-0.4, -0.2) is 17.1 Å². The van der Waals surface area contributed by atoms with Crippen LogP contribution >= 0.6 is 0 Å². The highest BCUT2D eigenvalue weighted by atomic mass is 15.0. The first-order valence-electron chi connectivity index (χ1n) is 6.90. The molecular weight excluding hydrogens is 198 g/mol. The van der Waals surface area contributed by atoms with Gasteiger partial charge in [-0.3, -0.25) is 0 Å². The summed E-state index contributed by atoms with van der Waals surface area (Å²) in [5.41, 5.74) is 19.1. The molecule has 0 aromatic rings. The predicted octanol–water partition coefficient (Wildman–Crippen LogP) is 1.64. The van der Waals surface area contributed by atoms with E-state index in [-0.39, 0.29) is 17.1 Å². The quantitative estimate of drug-likeness (QED) is 0.668. The van der Waals surface area contributed by atoms with Gasteiger partial charge in [0.15, 0.2) is 0 Å². The van der Waals surface area contributed by atoms with Crippen molar-refractivity contribution >= 4 is 0 Å². The molecule has 2 saturated carbocycles. The predicted molar refractivity (Wildman–Crippen MR) is 68.0 cm³/mol. The molecule has 2 aliphatic rings. The Kier molecular flexibility index (Phi) is 3.57. The molecule has 6 N–H and O–H groups in total. The molecule has 0 saturated heterocycles. The smallest absolute Gasteiger partial charge is 0.0404 e. The zero-order valence-electron chi connectivity index (χ0n) is 10.4. The first kappa shape index (κ1) is 12.3. The maximum Gasteiger partial charge on any atom is 0.0404 e. The molecule has 0 unspecified atom stereocenters. The SMILES string of the molecule is NC(C1(N)CCCCC1)C1(N)CCCCC1. The van der Waals surface area contributed by atoms with E-state index in [0.29, 0.717) is 0 Å². The molecule has 94 valence electrons. The fraction of sp³-hybridized carbons (Fsp3) is 1.00. The average Bonchev–Trinajstić information content (AvgIpc) is 2.30. The average molecular weight is 225 g/mol. The summed E-state index contributed by atoms with van der Waals surface area (Å²) in [5.74, 6) is 0.